The number of sulfonamides is 1. The Bertz CT molecular complexity index is 1710. The summed E-state index contributed by atoms with van der Waals surface area (Å²) in [6.45, 7) is 20.7. The molecule has 2 amide bonds. The van der Waals surface area contributed by atoms with Crippen molar-refractivity contribution in [3.8, 4) is 12.3 Å². The smallest absolute Gasteiger partial charge is 0.410 e. The molecule has 0 bridgehead atoms. The van der Waals surface area contributed by atoms with E-state index >= 15 is 0 Å². The first-order valence-corrected chi connectivity index (χ1v) is 22.5. The zero-order valence-corrected chi connectivity index (χ0v) is 32.5. The molecule has 1 aliphatic carbocycles. The molecule has 1 unspecified atom stereocenters. The lowest BCUT2D eigenvalue weighted by atomic mass is 10.1. The highest BCUT2D eigenvalue weighted by molar-refractivity contribution is 7.89. The second kappa shape index (κ2) is 13.5. The lowest BCUT2D eigenvalue weighted by Gasteiger charge is -2.45. The largest absolute Gasteiger partial charge is 0.444 e. The Morgan fingerprint density at radius 3 is 2.35 bits per heavy atom. The summed E-state index contributed by atoms with van der Waals surface area (Å²) < 4.78 is 44.5. The summed E-state index contributed by atoms with van der Waals surface area (Å²) in [5.74, 6) is 1.84. The van der Waals surface area contributed by atoms with Gasteiger partial charge in [-0.25, -0.2) is 13.2 Å². The second-order valence-corrected chi connectivity index (χ2v) is 24.0. The average molecular weight is 715 g/mol. The maximum Gasteiger partial charge on any atom is 0.410 e. The van der Waals surface area contributed by atoms with Gasteiger partial charge in [-0.2, -0.15) is 9.40 Å². The van der Waals surface area contributed by atoms with Crippen LogP contribution in [0.4, 0.5) is 10.5 Å². The SMILES string of the molecule is C#CC(=O)N1CCC(n2ncc3c(N4C[C@@H](C)N(C(=O)OC(C)(C)C)[C@@H](C)C4)cc(S(=O)(=O)N(COCC[Si](C)(C)C)C4(C)CC4)cc32)C1. The zero-order chi connectivity index (χ0) is 36.1. The van der Waals surface area contributed by atoms with Crippen LogP contribution < -0.4 is 4.90 Å². The van der Waals surface area contributed by atoms with E-state index in [1.807, 2.05) is 46.2 Å². The third-order valence-electron chi connectivity index (χ3n) is 9.82. The van der Waals surface area contributed by atoms with Gasteiger partial charge in [-0.15, -0.1) is 6.42 Å². The number of carbonyl (C=O) groups excluding carboxylic acids is 2. The Hall–Kier alpha value is -3.12. The quantitative estimate of drug-likeness (QED) is 0.144. The molecule has 3 fully saturated rings. The van der Waals surface area contributed by atoms with Gasteiger partial charge in [-0.1, -0.05) is 19.6 Å². The van der Waals surface area contributed by atoms with E-state index in [1.165, 1.54) is 4.31 Å². The number of piperazine rings is 1. The number of carbonyl (C=O) groups is 2. The van der Waals surface area contributed by atoms with E-state index in [4.69, 9.17) is 21.0 Å². The minimum Gasteiger partial charge on any atom is -0.444 e. The highest BCUT2D eigenvalue weighted by Gasteiger charge is 2.50. The molecular weight excluding hydrogens is 661 g/mol. The first kappa shape index (κ1) is 37.1. The first-order chi connectivity index (χ1) is 22.7. The number of likely N-dealkylation sites (tertiary alicyclic amines) is 1. The summed E-state index contributed by atoms with van der Waals surface area (Å²) in [4.78, 5) is 31.2. The number of terminal acetylenes is 1. The predicted octanol–water partition coefficient (Wildman–Crippen LogP) is 5.13. The van der Waals surface area contributed by atoms with Crippen molar-refractivity contribution in [2.45, 2.75) is 121 Å². The van der Waals surface area contributed by atoms with Gasteiger partial charge in [-0.3, -0.25) is 14.4 Å². The lowest BCUT2D eigenvalue weighted by molar-refractivity contribution is -0.124. The van der Waals surface area contributed by atoms with Gasteiger partial charge in [0.1, 0.15) is 12.3 Å². The maximum absolute atomic E-state index is 14.7. The van der Waals surface area contributed by atoms with E-state index in [-0.39, 0.29) is 41.8 Å². The van der Waals surface area contributed by atoms with Crippen LogP contribution in [0.5, 0.6) is 0 Å². The summed E-state index contributed by atoms with van der Waals surface area (Å²) in [6.07, 6.45) is 9.00. The Morgan fingerprint density at radius 1 is 1.12 bits per heavy atom. The summed E-state index contributed by atoms with van der Waals surface area (Å²) >= 11 is 0. The van der Waals surface area contributed by atoms with E-state index in [0.717, 1.165) is 30.0 Å². The molecule has 1 aromatic carbocycles. The monoisotopic (exact) mass is 714 g/mol. The Labute approximate surface area is 293 Å². The molecule has 270 valence electrons. The molecule has 14 heteroatoms. The van der Waals surface area contributed by atoms with Crippen molar-refractivity contribution in [2.75, 3.05) is 44.4 Å². The predicted molar refractivity (Wildman–Crippen MR) is 194 cm³/mol. The summed E-state index contributed by atoms with van der Waals surface area (Å²) in [7, 11) is -5.37. The average Bonchev–Trinajstić information content (AvgIpc) is 3.35. The van der Waals surface area contributed by atoms with E-state index in [0.29, 0.717) is 44.7 Å². The zero-order valence-electron chi connectivity index (χ0n) is 30.7. The number of aromatic nitrogens is 2. The van der Waals surface area contributed by atoms with Gasteiger partial charge in [-0.05, 0) is 84.9 Å². The number of hydrogen-bond donors (Lipinski definition) is 0. The number of hydrogen-bond acceptors (Lipinski definition) is 8. The molecule has 1 saturated carbocycles. The third-order valence-corrected chi connectivity index (χ3v) is 13.5. The number of fused-ring (bicyclic) bond motifs is 1. The van der Waals surface area contributed by atoms with Crippen LogP contribution in [0.3, 0.4) is 0 Å². The molecule has 1 aromatic heterocycles. The fraction of sp³-hybridized carbons (Fsp3) is 0.686. The van der Waals surface area contributed by atoms with Crippen molar-refractivity contribution in [1.82, 2.24) is 23.9 Å². The minimum atomic E-state index is -4.01. The van der Waals surface area contributed by atoms with Gasteiger partial charge in [0.2, 0.25) is 10.0 Å². The van der Waals surface area contributed by atoms with Gasteiger partial charge < -0.3 is 19.3 Å². The number of rotatable bonds is 10. The number of nitrogens with zero attached hydrogens (tertiary/aromatic N) is 6. The highest BCUT2D eigenvalue weighted by atomic mass is 32.2. The molecule has 5 rings (SSSR count). The molecule has 0 radical (unpaired) electrons. The second-order valence-electron chi connectivity index (χ2n) is 16.5. The van der Waals surface area contributed by atoms with Crippen LogP contribution in [-0.2, 0) is 24.3 Å². The van der Waals surface area contributed by atoms with Crippen LogP contribution in [-0.4, -0.2) is 115 Å². The van der Waals surface area contributed by atoms with Crippen molar-refractivity contribution in [3.63, 3.8) is 0 Å². The van der Waals surface area contributed by atoms with Crippen LogP contribution in [0.25, 0.3) is 10.9 Å². The minimum absolute atomic E-state index is 0.00956. The molecule has 3 atom stereocenters. The molecule has 2 aliphatic heterocycles. The number of amides is 2. The lowest BCUT2D eigenvalue weighted by Crippen LogP contribution is -2.59. The van der Waals surface area contributed by atoms with E-state index in [9.17, 15) is 18.0 Å². The molecule has 0 N–H and O–H groups in total. The molecule has 12 nitrogen and oxygen atoms in total. The molecule has 49 heavy (non-hydrogen) atoms. The van der Waals surface area contributed by atoms with Crippen molar-refractivity contribution in [1.29, 1.82) is 0 Å². The molecule has 0 spiro atoms. The topological polar surface area (TPSA) is 118 Å². The normalized spacial score (nSPS) is 22.9. The number of ether oxygens (including phenoxy) is 2. The van der Waals surface area contributed by atoms with Crippen molar-refractivity contribution in [2.24, 2.45) is 0 Å². The van der Waals surface area contributed by atoms with Gasteiger partial charge in [0.15, 0.2) is 0 Å². The van der Waals surface area contributed by atoms with Crippen LogP contribution in [0, 0.1) is 12.3 Å². The third kappa shape index (κ3) is 8.11. The number of anilines is 1. The standard InChI is InChI=1S/C35H54N6O6SSi/c1-11-32(42)37-15-12-27(23-37)41-31-19-28(48(44,45)39(35(7)13-14-35)24-46-16-17-49(8,9)10)18-30(29(31)20-36-41)38-21-25(2)40(26(3)22-38)33(43)47-34(4,5)6/h1,18-20,25-27H,12-17,21-24H2,2-10H3/t25-,26+,27?. The Morgan fingerprint density at radius 2 is 1.78 bits per heavy atom. The van der Waals surface area contributed by atoms with Gasteiger partial charge in [0.25, 0.3) is 5.91 Å². The molecule has 3 heterocycles. The highest BCUT2D eigenvalue weighted by Crippen LogP contribution is 2.45. The fourth-order valence-electron chi connectivity index (χ4n) is 6.81. The van der Waals surface area contributed by atoms with Crippen molar-refractivity contribution < 1.29 is 27.5 Å². The summed E-state index contributed by atoms with van der Waals surface area (Å²) in [5, 5.41) is 5.58. The van der Waals surface area contributed by atoms with Crippen LogP contribution in [0.15, 0.2) is 23.2 Å². The first-order valence-electron chi connectivity index (χ1n) is 17.4. The van der Waals surface area contributed by atoms with Crippen molar-refractivity contribution in [3.05, 3.63) is 18.3 Å². The van der Waals surface area contributed by atoms with E-state index in [2.05, 4.69) is 30.5 Å². The summed E-state index contributed by atoms with van der Waals surface area (Å²) in [6, 6.07) is 3.85. The van der Waals surface area contributed by atoms with Gasteiger partial charge in [0.05, 0.1) is 34.7 Å². The van der Waals surface area contributed by atoms with Gasteiger partial charge in [0, 0.05) is 57.5 Å². The Kier molecular flexibility index (Phi) is 10.3. The van der Waals surface area contributed by atoms with Crippen LogP contribution in [0.2, 0.25) is 25.7 Å². The van der Waals surface area contributed by atoms with E-state index in [1.54, 1.807) is 28.1 Å². The fourth-order valence-corrected chi connectivity index (χ4v) is 9.32. The van der Waals surface area contributed by atoms with E-state index < -0.39 is 29.2 Å². The van der Waals surface area contributed by atoms with Gasteiger partial charge >= 0.3 is 6.09 Å². The van der Waals surface area contributed by atoms with Crippen molar-refractivity contribution >= 4 is 46.7 Å². The molecule has 2 saturated heterocycles. The molecular formula is C35H54N6O6SSi. The van der Waals surface area contributed by atoms with Crippen LogP contribution in [0.1, 0.15) is 66.8 Å². The maximum atomic E-state index is 14.7. The molecule has 2 aromatic rings. The summed E-state index contributed by atoms with van der Waals surface area (Å²) in [5.41, 5.74) is 0.267. The van der Waals surface area contributed by atoms with Crippen LogP contribution >= 0.6 is 0 Å². The number of benzene rings is 1. The Balaban J connectivity index is 1.54. The molecule has 3 aliphatic rings.